The Bertz CT molecular complexity index is 488. The first kappa shape index (κ1) is 13.7. The summed E-state index contributed by atoms with van der Waals surface area (Å²) >= 11 is 0. The highest BCUT2D eigenvalue weighted by atomic mass is 16.5. The summed E-state index contributed by atoms with van der Waals surface area (Å²) in [5.74, 6) is -0.0415. The van der Waals surface area contributed by atoms with Crippen LogP contribution in [0.25, 0.3) is 0 Å². The highest BCUT2D eigenvalue weighted by Crippen LogP contribution is 2.19. The number of esters is 1. The molecule has 3 atom stereocenters. The number of para-hydroxylation sites is 1. The molecule has 0 amide bonds. The van der Waals surface area contributed by atoms with E-state index in [1.165, 1.54) is 13.1 Å². The molecular formula is C13H15NO5. The van der Waals surface area contributed by atoms with Crippen LogP contribution in [-0.2, 0) is 9.53 Å². The Morgan fingerprint density at radius 1 is 1.47 bits per heavy atom. The van der Waals surface area contributed by atoms with Crippen LogP contribution in [0.4, 0.5) is 0 Å². The normalized spacial score (nSPS) is 26.8. The molecule has 0 saturated carbocycles. The number of rotatable bonds is 3. The summed E-state index contributed by atoms with van der Waals surface area (Å²) in [5, 5.41) is 18.9. The molecule has 0 aliphatic carbocycles. The lowest BCUT2D eigenvalue weighted by Gasteiger charge is -2.10. The van der Waals surface area contributed by atoms with Gasteiger partial charge in [0.15, 0.2) is 6.23 Å². The Balaban J connectivity index is 2.12. The van der Waals surface area contributed by atoms with Gasteiger partial charge in [-0.25, -0.2) is 0 Å². The largest absolute Gasteiger partial charge is 0.426 e. The van der Waals surface area contributed by atoms with Gasteiger partial charge in [-0.15, -0.1) is 0 Å². The molecule has 0 spiro atoms. The third-order valence-electron chi connectivity index (χ3n) is 2.66. The Hall–Kier alpha value is -1.76. The molecule has 1 fully saturated rings. The average molecular weight is 265 g/mol. The predicted molar refractivity (Wildman–Crippen MR) is 67.1 cm³/mol. The molecule has 6 nitrogen and oxygen atoms in total. The number of benzene rings is 1. The van der Waals surface area contributed by atoms with Crippen molar-refractivity contribution in [1.82, 2.24) is 0 Å². The lowest BCUT2D eigenvalue weighted by atomic mass is 10.2. The molecule has 0 radical (unpaired) electrons. The van der Waals surface area contributed by atoms with Crippen LogP contribution in [0.15, 0.2) is 29.3 Å². The van der Waals surface area contributed by atoms with Gasteiger partial charge in [0.25, 0.3) is 0 Å². The number of aliphatic hydroxyl groups is 2. The first-order valence-corrected chi connectivity index (χ1v) is 5.86. The molecule has 1 saturated heterocycles. The van der Waals surface area contributed by atoms with Gasteiger partial charge in [0.1, 0.15) is 18.0 Å². The highest BCUT2D eigenvalue weighted by Gasteiger charge is 2.33. The molecule has 0 aromatic heterocycles. The van der Waals surface area contributed by atoms with Crippen molar-refractivity contribution < 1.29 is 24.5 Å². The van der Waals surface area contributed by atoms with E-state index in [-0.39, 0.29) is 6.61 Å². The van der Waals surface area contributed by atoms with Crippen LogP contribution >= 0.6 is 0 Å². The number of carbonyl (C=O) groups excluding carboxylic acids is 1. The SMILES string of the molecule is CC(=O)Oc1ccccc1C=NC1OC[C@@H](O)[C@H]1O. The molecule has 1 aromatic carbocycles. The zero-order valence-electron chi connectivity index (χ0n) is 10.4. The van der Waals surface area contributed by atoms with Crippen molar-refractivity contribution in [1.29, 1.82) is 0 Å². The van der Waals surface area contributed by atoms with E-state index in [0.29, 0.717) is 11.3 Å². The number of carbonyl (C=O) groups is 1. The van der Waals surface area contributed by atoms with E-state index in [0.717, 1.165) is 0 Å². The Morgan fingerprint density at radius 3 is 2.84 bits per heavy atom. The zero-order chi connectivity index (χ0) is 13.8. The van der Waals surface area contributed by atoms with Crippen molar-refractivity contribution in [2.75, 3.05) is 6.61 Å². The zero-order valence-corrected chi connectivity index (χ0v) is 10.4. The summed E-state index contributed by atoms with van der Waals surface area (Å²) in [6.45, 7) is 1.36. The minimum absolute atomic E-state index is 0.0504. The quantitative estimate of drug-likeness (QED) is 0.460. The predicted octanol–water partition coefficient (Wildman–Crippen LogP) is 0.109. The van der Waals surface area contributed by atoms with Gasteiger partial charge in [-0.1, -0.05) is 12.1 Å². The van der Waals surface area contributed by atoms with Crippen LogP contribution < -0.4 is 4.74 Å². The van der Waals surface area contributed by atoms with Crippen molar-refractivity contribution in [3.8, 4) is 5.75 Å². The number of hydrogen-bond donors (Lipinski definition) is 2. The van der Waals surface area contributed by atoms with Crippen molar-refractivity contribution >= 4 is 12.2 Å². The lowest BCUT2D eigenvalue weighted by molar-refractivity contribution is -0.131. The van der Waals surface area contributed by atoms with Crippen molar-refractivity contribution in [3.05, 3.63) is 29.8 Å². The minimum atomic E-state index is -1.04. The van der Waals surface area contributed by atoms with E-state index in [2.05, 4.69) is 4.99 Å². The van der Waals surface area contributed by atoms with E-state index in [1.807, 2.05) is 0 Å². The first-order valence-electron chi connectivity index (χ1n) is 5.86. The van der Waals surface area contributed by atoms with E-state index in [4.69, 9.17) is 9.47 Å². The van der Waals surface area contributed by atoms with Crippen LogP contribution in [-0.4, -0.2) is 47.4 Å². The monoisotopic (exact) mass is 265 g/mol. The van der Waals surface area contributed by atoms with Crippen LogP contribution in [0.1, 0.15) is 12.5 Å². The molecule has 2 rings (SSSR count). The maximum Gasteiger partial charge on any atom is 0.308 e. The van der Waals surface area contributed by atoms with E-state index < -0.39 is 24.4 Å². The van der Waals surface area contributed by atoms with Crippen molar-refractivity contribution in [3.63, 3.8) is 0 Å². The molecule has 0 bridgehead atoms. The number of hydrogen-bond acceptors (Lipinski definition) is 6. The smallest absolute Gasteiger partial charge is 0.308 e. The summed E-state index contributed by atoms with van der Waals surface area (Å²) in [7, 11) is 0. The fourth-order valence-electron chi connectivity index (χ4n) is 1.70. The van der Waals surface area contributed by atoms with Gasteiger partial charge < -0.3 is 19.7 Å². The molecule has 1 aliphatic heterocycles. The van der Waals surface area contributed by atoms with Gasteiger partial charge in [0, 0.05) is 18.7 Å². The molecule has 2 N–H and O–H groups in total. The standard InChI is InChI=1S/C13H15NO5/c1-8(15)19-11-5-3-2-4-9(11)6-14-13-12(17)10(16)7-18-13/h2-6,10,12-13,16-17H,7H2,1H3/t10-,12-,13?/m1/s1. The fourth-order valence-corrected chi connectivity index (χ4v) is 1.70. The van der Waals surface area contributed by atoms with Gasteiger partial charge in [-0.3, -0.25) is 9.79 Å². The summed E-state index contributed by atoms with van der Waals surface area (Å²) in [6.07, 6.45) is -1.33. The maximum atomic E-state index is 11.0. The molecule has 19 heavy (non-hydrogen) atoms. The second-order valence-electron chi connectivity index (χ2n) is 4.19. The molecule has 6 heteroatoms. The Kier molecular flexibility index (Phi) is 4.26. The fraction of sp³-hybridized carbons (Fsp3) is 0.385. The van der Waals surface area contributed by atoms with Crippen LogP contribution in [0.3, 0.4) is 0 Å². The minimum Gasteiger partial charge on any atom is -0.426 e. The summed E-state index contributed by atoms with van der Waals surface area (Å²) in [6, 6.07) is 6.87. The van der Waals surface area contributed by atoms with Gasteiger partial charge in [-0.05, 0) is 12.1 Å². The molecule has 1 unspecified atom stereocenters. The molecular weight excluding hydrogens is 250 g/mol. The maximum absolute atomic E-state index is 11.0. The lowest BCUT2D eigenvalue weighted by Crippen LogP contribution is -2.28. The van der Waals surface area contributed by atoms with E-state index >= 15 is 0 Å². The van der Waals surface area contributed by atoms with Crippen LogP contribution in [0, 0.1) is 0 Å². The van der Waals surface area contributed by atoms with Gasteiger partial charge in [0.05, 0.1) is 6.61 Å². The van der Waals surface area contributed by atoms with Crippen LogP contribution in [0.5, 0.6) is 5.75 Å². The third-order valence-corrected chi connectivity index (χ3v) is 2.66. The summed E-state index contributed by atoms with van der Waals surface area (Å²) in [5.41, 5.74) is 0.592. The van der Waals surface area contributed by atoms with Gasteiger partial charge in [-0.2, -0.15) is 0 Å². The highest BCUT2D eigenvalue weighted by molar-refractivity contribution is 5.85. The summed E-state index contributed by atoms with van der Waals surface area (Å²) < 4.78 is 10.1. The second kappa shape index (κ2) is 5.92. The van der Waals surface area contributed by atoms with Crippen molar-refractivity contribution in [2.24, 2.45) is 4.99 Å². The van der Waals surface area contributed by atoms with E-state index in [1.54, 1.807) is 24.3 Å². The van der Waals surface area contributed by atoms with Crippen molar-refractivity contribution in [2.45, 2.75) is 25.4 Å². The third kappa shape index (κ3) is 3.37. The molecule has 1 aromatic rings. The Labute approximate surface area is 110 Å². The van der Waals surface area contributed by atoms with Gasteiger partial charge in [0.2, 0.25) is 0 Å². The Morgan fingerprint density at radius 2 is 2.21 bits per heavy atom. The number of aliphatic hydroxyl groups excluding tert-OH is 2. The summed E-state index contributed by atoms with van der Waals surface area (Å²) in [4.78, 5) is 15.0. The van der Waals surface area contributed by atoms with Gasteiger partial charge >= 0.3 is 5.97 Å². The molecule has 102 valence electrons. The number of aliphatic imine (C=N–C) groups is 1. The van der Waals surface area contributed by atoms with Crippen LogP contribution in [0.2, 0.25) is 0 Å². The van der Waals surface area contributed by atoms with E-state index in [9.17, 15) is 15.0 Å². The number of nitrogens with zero attached hydrogens (tertiary/aromatic N) is 1. The molecule has 1 aliphatic rings. The average Bonchev–Trinajstić information content (AvgIpc) is 2.68. The second-order valence-corrected chi connectivity index (χ2v) is 4.19. The molecule has 1 heterocycles. The topological polar surface area (TPSA) is 88.4 Å². The number of ether oxygens (including phenoxy) is 2. The first-order chi connectivity index (χ1) is 9.08.